The van der Waals surface area contributed by atoms with E-state index in [0.717, 1.165) is 25.0 Å². The molecule has 1 N–H and O–H groups in total. The Morgan fingerprint density at radius 2 is 2.11 bits per heavy atom. The van der Waals surface area contributed by atoms with Gasteiger partial charge in [0.05, 0.1) is 0 Å². The molecule has 1 saturated carbocycles. The molecule has 3 atom stereocenters. The van der Waals surface area contributed by atoms with Gasteiger partial charge < -0.3 is 10.2 Å². The van der Waals surface area contributed by atoms with Gasteiger partial charge in [-0.1, -0.05) is 0 Å². The summed E-state index contributed by atoms with van der Waals surface area (Å²) in [6, 6.07) is -0.227. The molecule has 0 aromatic carbocycles. The normalized spacial score (nSPS) is 33.3. The number of thioether (sulfide) groups is 1. The largest absolute Gasteiger partial charge is 0.340 e. The number of nitrogens with zero attached hydrogens (tertiary/aromatic N) is 1. The zero-order valence-corrected chi connectivity index (χ0v) is 13.0. The highest BCUT2D eigenvalue weighted by Crippen LogP contribution is 2.42. The van der Waals surface area contributed by atoms with Crippen molar-refractivity contribution in [3.8, 4) is 0 Å². The van der Waals surface area contributed by atoms with Gasteiger partial charge in [-0.3, -0.25) is 9.59 Å². The fourth-order valence-electron chi connectivity index (χ4n) is 2.93. The van der Waals surface area contributed by atoms with Crippen molar-refractivity contribution in [1.82, 2.24) is 10.2 Å². The molecule has 0 radical (unpaired) electrons. The Balaban J connectivity index is 2.18. The van der Waals surface area contributed by atoms with Crippen LogP contribution in [-0.2, 0) is 9.59 Å². The van der Waals surface area contributed by atoms with E-state index >= 15 is 0 Å². The maximum absolute atomic E-state index is 12.8. The van der Waals surface area contributed by atoms with Gasteiger partial charge in [0.25, 0.3) is 0 Å². The minimum atomic E-state index is -0.669. The molecule has 2 aliphatic rings. The highest BCUT2D eigenvalue weighted by Gasteiger charge is 2.55. The van der Waals surface area contributed by atoms with Crippen LogP contribution in [0.25, 0.3) is 0 Å². The molecule has 1 saturated heterocycles. The van der Waals surface area contributed by atoms with Crippen LogP contribution >= 0.6 is 11.8 Å². The summed E-state index contributed by atoms with van der Waals surface area (Å²) in [7, 11) is 0. The Hall–Kier alpha value is -0.710. The number of hydrogen-bond acceptors (Lipinski definition) is 3. The van der Waals surface area contributed by atoms with E-state index in [-0.39, 0.29) is 23.9 Å². The van der Waals surface area contributed by atoms with Gasteiger partial charge in [0, 0.05) is 6.04 Å². The predicted molar refractivity (Wildman–Crippen MR) is 78.0 cm³/mol. The van der Waals surface area contributed by atoms with E-state index in [1.807, 2.05) is 18.7 Å². The quantitative estimate of drug-likeness (QED) is 0.835. The van der Waals surface area contributed by atoms with E-state index in [4.69, 9.17) is 0 Å². The van der Waals surface area contributed by atoms with Gasteiger partial charge in [-0.25, -0.2) is 0 Å². The Morgan fingerprint density at radius 3 is 2.63 bits per heavy atom. The molecule has 1 aliphatic carbocycles. The first-order valence-electron chi connectivity index (χ1n) is 7.05. The number of nitrogens with one attached hydrogen (secondary N) is 1. The lowest BCUT2D eigenvalue weighted by atomic mass is 9.88. The first-order chi connectivity index (χ1) is 8.91. The second-order valence-electron chi connectivity index (χ2n) is 5.98. The third kappa shape index (κ3) is 2.62. The van der Waals surface area contributed by atoms with Crippen molar-refractivity contribution < 1.29 is 9.59 Å². The summed E-state index contributed by atoms with van der Waals surface area (Å²) < 4.78 is 0. The van der Waals surface area contributed by atoms with Crippen LogP contribution in [0.1, 0.15) is 40.0 Å². The highest BCUT2D eigenvalue weighted by molar-refractivity contribution is 7.98. The maximum atomic E-state index is 12.8. The smallest absolute Gasteiger partial charge is 0.249 e. The monoisotopic (exact) mass is 284 g/mol. The van der Waals surface area contributed by atoms with Crippen LogP contribution in [0, 0.1) is 5.92 Å². The third-order valence-electron chi connectivity index (χ3n) is 4.47. The maximum Gasteiger partial charge on any atom is 0.249 e. The lowest BCUT2D eigenvalue weighted by Gasteiger charge is -2.46. The van der Waals surface area contributed by atoms with Gasteiger partial charge in [0.1, 0.15) is 11.6 Å². The number of piperazine rings is 1. The van der Waals surface area contributed by atoms with Crippen LogP contribution in [-0.4, -0.2) is 46.3 Å². The Morgan fingerprint density at radius 1 is 1.47 bits per heavy atom. The molecule has 4 nitrogen and oxygen atoms in total. The predicted octanol–water partition coefficient (Wildman–Crippen LogP) is 1.64. The minimum absolute atomic E-state index is 0.00926. The van der Waals surface area contributed by atoms with E-state index in [1.165, 1.54) is 0 Å². The first-order valence-corrected chi connectivity index (χ1v) is 8.45. The molecule has 2 fully saturated rings. The average Bonchev–Trinajstić information content (AvgIpc) is 3.18. The van der Waals surface area contributed by atoms with E-state index < -0.39 is 5.54 Å². The second kappa shape index (κ2) is 5.35. The first kappa shape index (κ1) is 14.7. The molecule has 19 heavy (non-hydrogen) atoms. The molecule has 1 aliphatic heterocycles. The van der Waals surface area contributed by atoms with E-state index in [0.29, 0.717) is 5.92 Å². The zero-order valence-electron chi connectivity index (χ0n) is 12.2. The van der Waals surface area contributed by atoms with Crippen LogP contribution in [0.2, 0.25) is 0 Å². The van der Waals surface area contributed by atoms with Crippen molar-refractivity contribution in [1.29, 1.82) is 0 Å². The summed E-state index contributed by atoms with van der Waals surface area (Å²) >= 11 is 1.78. The lowest BCUT2D eigenvalue weighted by Crippen LogP contribution is -2.71. The summed E-state index contributed by atoms with van der Waals surface area (Å²) in [5.41, 5.74) is -0.669. The summed E-state index contributed by atoms with van der Waals surface area (Å²) in [6.45, 7) is 5.77. The van der Waals surface area contributed by atoms with E-state index in [1.54, 1.807) is 11.8 Å². The highest BCUT2D eigenvalue weighted by atomic mass is 32.2. The van der Waals surface area contributed by atoms with Crippen LogP contribution in [0.3, 0.4) is 0 Å². The average molecular weight is 284 g/mol. The van der Waals surface area contributed by atoms with Crippen LogP contribution in [0.15, 0.2) is 0 Å². The van der Waals surface area contributed by atoms with Gasteiger partial charge in [-0.05, 0) is 58.0 Å². The number of carbonyl (C=O) groups excluding carboxylic acids is 2. The Labute approximate surface area is 119 Å². The third-order valence-corrected chi connectivity index (χ3v) is 5.11. The molecule has 3 unspecified atom stereocenters. The minimum Gasteiger partial charge on any atom is -0.340 e. The molecule has 5 heteroatoms. The zero-order chi connectivity index (χ0) is 14.2. The summed E-state index contributed by atoms with van der Waals surface area (Å²) in [5, 5.41) is 2.96. The van der Waals surface area contributed by atoms with Crippen molar-refractivity contribution in [2.45, 2.75) is 57.7 Å². The molecule has 108 valence electrons. The van der Waals surface area contributed by atoms with Crippen molar-refractivity contribution in [3.05, 3.63) is 0 Å². The van der Waals surface area contributed by atoms with Gasteiger partial charge >= 0.3 is 0 Å². The summed E-state index contributed by atoms with van der Waals surface area (Å²) in [4.78, 5) is 26.8. The molecule has 0 aromatic heterocycles. The van der Waals surface area contributed by atoms with Crippen LogP contribution in [0.5, 0.6) is 0 Å². The molecular formula is C14H24N2O2S. The van der Waals surface area contributed by atoms with Gasteiger partial charge in [-0.2, -0.15) is 11.8 Å². The SMILES string of the molecule is CSCCC(C)N1C(=O)C(C)(C2CC2)NC(=O)C1C. The van der Waals surface area contributed by atoms with Gasteiger partial charge in [-0.15, -0.1) is 0 Å². The lowest BCUT2D eigenvalue weighted by molar-refractivity contribution is -0.157. The Bertz CT molecular complexity index is 384. The van der Waals surface area contributed by atoms with E-state index in [2.05, 4.69) is 18.5 Å². The second-order valence-corrected chi connectivity index (χ2v) is 6.97. The summed E-state index contributed by atoms with van der Waals surface area (Å²) in [6.07, 6.45) is 5.09. The standard InChI is InChI=1S/C14H24N2O2S/c1-9(7-8-19-4)16-10(2)12(17)15-14(3,13(16)18)11-5-6-11/h9-11H,5-8H2,1-4H3,(H,15,17). The number of amides is 2. The molecule has 0 aromatic rings. The van der Waals surface area contributed by atoms with Crippen molar-refractivity contribution in [3.63, 3.8) is 0 Å². The molecule has 2 amide bonds. The number of carbonyl (C=O) groups is 2. The van der Waals surface area contributed by atoms with Crippen LogP contribution in [0.4, 0.5) is 0 Å². The topological polar surface area (TPSA) is 49.4 Å². The fraction of sp³-hybridized carbons (Fsp3) is 0.857. The van der Waals surface area contributed by atoms with Crippen LogP contribution < -0.4 is 5.32 Å². The molecular weight excluding hydrogens is 260 g/mol. The number of hydrogen-bond donors (Lipinski definition) is 1. The summed E-state index contributed by atoms with van der Waals surface area (Å²) in [5.74, 6) is 1.44. The van der Waals surface area contributed by atoms with Crippen molar-refractivity contribution in [2.75, 3.05) is 12.0 Å². The molecule has 2 rings (SSSR count). The van der Waals surface area contributed by atoms with Crippen molar-refractivity contribution >= 4 is 23.6 Å². The Kier molecular flexibility index (Phi) is 4.14. The van der Waals surface area contributed by atoms with Crippen molar-refractivity contribution in [2.24, 2.45) is 5.92 Å². The van der Waals surface area contributed by atoms with Gasteiger partial charge in [0.15, 0.2) is 0 Å². The number of rotatable bonds is 5. The molecule has 0 bridgehead atoms. The fourth-order valence-corrected chi connectivity index (χ4v) is 3.51. The molecule has 0 spiro atoms. The van der Waals surface area contributed by atoms with Gasteiger partial charge in [0.2, 0.25) is 11.8 Å². The van der Waals surface area contributed by atoms with E-state index in [9.17, 15) is 9.59 Å². The molecule has 1 heterocycles.